The summed E-state index contributed by atoms with van der Waals surface area (Å²) in [5.74, 6) is -1.73. The summed E-state index contributed by atoms with van der Waals surface area (Å²) in [6, 6.07) is -1.78. The van der Waals surface area contributed by atoms with Crippen molar-refractivity contribution in [1.29, 1.82) is 0 Å². The third-order valence-electron chi connectivity index (χ3n) is 4.17. The van der Waals surface area contributed by atoms with E-state index in [0.717, 1.165) is 0 Å². The molecule has 1 unspecified atom stereocenters. The maximum absolute atomic E-state index is 12.9. The van der Waals surface area contributed by atoms with Gasteiger partial charge in [-0.2, -0.15) is 25.9 Å². The Bertz CT molecular complexity index is 511. The van der Waals surface area contributed by atoms with Crippen LogP contribution >= 0.6 is 0 Å². The van der Waals surface area contributed by atoms with E-state index in [1.807, 2.05) is 0 Å². The van der Waals surface area contributed by atoms with Gasteiger partial charge in [0.2, 0.25) is 5.91 Å². The molecule has 128 valence electrons. The number of hydrogen-bond acceptors (Lipinski definition) is 3. The zero-order chi connectivity index (χ0) is 16.5. The Morgan fingerprint density at radius 1 is 1.18 bits per heavy atom. The van der Waals surface area contributed by atoms with Crippen molar-refractivity contribution in [1.82, 2.24) is 14.3 Å². The van der Waals surface area contributed by atoms with Gasteiger partial charge in [-0.1, -0.05) is 0 Å². The Hall–Kier alpha value is -0.870. The molecule has 2 aliphatic rings. The summed E-state index contributed by atoms with van der Waals surface area (Å²) in [6.07, 6.45) is -3.04. The largest absolute Gasteiger partial charge is 0.408 e. The monoisotopic (exact) mass is 343 g/mol. The lowest BCUT2D eigenvalue weighted by Crippen LogP contribution is -2.51. The molecule has 1 heterocycles. The number of amides is 1. The highest BCUT2D eigenvalue weighted by molar-refractivity contribution is 7.87. The van der Waals surface area contributed by atoms with Gasteiger partial charge in [0.15, 0.2) is 0 Å². The van der Waals surface area contributed by atoms with E-state index in [1.165, 1.54) is 11.4 Å². The molecule has 1 amide bonds. The molecule has 1 saturated heterocycles. The van der Waals surface area contributed by atoms with Crippen molar-refractivity contribution in [2.24, 2.45) is 11.8 Å². The molecule has 2 rings (SSSR count). The molecule has 22 heavy (non-hydrogen) atoms. The van der Waals surface area contributed by atoms with Crippen molar-refractivity contribution in [2.45, 2.75) is 37.9 Å². The van der Waals surface area contributed by atoms with Crippen LogP contribution in [0.25, 0.3) is 0 Å². The number of halogens is 3. The third kappa shape index (κ3) is 4.11. The van der Waals surface area contributed by atoms with Gasteiger partial charge in [-0.3, -0.25) is 4.79 Å². The van der Waals surface area contributed by atoms with Gasteiger partial charge in [-0.25, -0.2) is 4.72 Å². The number of carbonyl (C=O) groups is 1. The van der Waals surface area contributed by atoms with Crippen molar-refractivity contribution < 1.29 is 26.4 Å². The second kappa shape index (κ2) is 6.32. The highest BCUT2D eigenvalue weighted by Crippen LogP contribution is 2.40. The van der Waals surface area contributed by atoms with Crippen LogP contribution in [0.3, 0.4) is 0 Å². The molecule has 0 spiro atoms. The Balaban J connectivity index is 1.90. The first kappa shape index (κ1) is 17.5. The second-order valence-corrected chi connectivity index (χ2v) is 7.62. The summed E-state index contributed by atoms with van der Waals surface area (Å²) in [6.45, 7) is 0.253. The van der Waals surface area contributed by atoms with Gasteiger partial charge in [0.1, 0.15) is 6.04 Å². The number of rotatable bonds is 5. The van der Waals surface area contributed by atoms with Gasteiger partial charge >= 0.3 is 6.18 Å². The molecule has 2 fully saturated rings. The first-order valence-electron chi connectivity index (χ1n) is 7.21. The number of piperidine rings is 1. The van der Waals surface area contributed by atoms with Crippen LogP contribution in [0, 0.1) is 11.8 Å². The number of alkyl halides is 3. The lowest BCUT2D eigenvalue weighted by atomic mass is 9.96. The average molecular weight is 343 g/mol. The topological polar surface area (TPSA) is 78.5 Å². The molecule has 1 aliphatic heterocycles. The van der Waals surface area contributed by atoms with Crippen molar-refractivity contribution in [3.8, 4) is 0 Å². The summed E-state index contributed by atoms with van der Waals surface area (Å²) in [5.41, 5.74) is 0. The van der Waals surface area contributed by atoms with Gasteiger partial charge in [0, 0.05) is 26.1 Å². The predicted octanol–water partition coefficient (Wildman–Crippen LogP) is 0.620. The third-order valence-corrected chi connectivity index (χ3v) is 5.73. The maximum Gasteiger partial charge on any atom is 0.408 e. The molecule has 2 N–H and O–H groups in total. The summed E-state index contributed by atoms with van der Waals surface area (Å²) in [4.78, 5) is 12.0. The first-order chi connectivity index (χ1) is 10.1. The zero-order valence-corrected chi connectivity index (χ0v) is 13.0. The fourth-order valence-corrected chi connectivity index (χ4v) is 3.60. The SMILES string of the molecule is CNS(=O)(=O)N1CCC(C(=O)NC(C2CC2)C(F)(F)F)CC1. The smallest absolute Gasteiger partial charge is 0.344 e. The Labute approximate surface area is 127 Å². The molecule has 6 nitrogen and oxygen atoms in total. The summed E-state index contributed by atoms with van der Waals surface area (Å²) < 4.78 is 65.3. The molecule has 1 saturated carbocycles. The highest BCUT2D eigenvalue weighted by Gasteiger charge is 2.50. The number of nitrogens with one attached hydrogen (secondary N) is 2. The van der Waals surface area contributed by atoms with Crippen LogP contribution in [-0.2, 0) is 15.0 Å². The Kier molecular flexibility index (Phi) is 5.03. The van der Waals surface area contributed by atoms with Crippen LogP contribution in [0.15, 0.2) is 0 Å². The number of carbonyl (C=O) groups excluding carboxylic acids is 1. The molecule has 0 radical (unpaired) electrons. The van der Waals surface area contributed by atoms with Crippen LogP contribution in [0.2, 0.25) is 0 Å². The van der Waals surface area contributed by atoms with Gasteiger partial charge < -0.3 is 5.32 Å². The first-order valence-corrected chi connectivity index (χ1v) is 8.65. The molecule has 1 aliphatic carbocycles. The van der Waals surface area contributed by atoms with Crippen molar-refractivity contribution in [3.05, 3.63) is 0 Å². The number of nitrogens with zero attached hydrogens (tertiary/aromatic N) is 1. The van der Waals surface area contributed by atoms with E-state index < -0.39 is 40.2 Å². The van der Waals surface area contributed by atoms with E-state index in [1.54, 1.807) is 0 Å². The minimum Gasteiger partial charge on any atom is -0.344 e. The van der Waals surface area contributed by atoms with Gasteiger partial charge in [0.05, 0.1) is 0 Å². The molecule has 0 aromatic rings. The standard InChI is InChI=1S/C12H20F3N3O3S/c1-16-22(20,21)18-6-4-9(5-7-18)11(19)17-10(8-2-3-8)12(13,14)15/h8-10,16H,2-7H2,1H3,(H,17,19). The lowest BCUT2D eigenvalue weighted by Gasteiger charge is -2.31. The highest BCUT2D eigenvalue weighted by atomic mass is 32.2. The van der Waals surface area contributed by atoms with E-state index in [9.17, 15) is 26.4 Å². The van der Waals surface area contributed by atoms with Crippen LogP contribution in [0.4, 0.5) is 13.2 Å². The van der Waals surface area contributed by atoms with Gasteiger partial charge in [-0.15, -0.1) is 0 Å². The Morgan fingerprint density at radius 2 is 1.73 bits per heavy atom. The second-order valence-electron chi connectivity index (χ2n) is 5.75. The van der Waals surface area contributed by atoms with Crippen molar-refractivity contribution in [3.63, 3.8) is 0 Å². The fraction of sp³-hybridized carbons (Fsp3) is 0.917. The Morgan fingerprint density at radius 3 is 2.14 bits per heavy atom. The molecule has 1 atom stereocenters. The van der Waals surface area contributed by atoms with E-state index in [0.29, 0.717) is 12.8 Å². The predicted molar refractivity (Wildman–Crippen MR) is 73.0 cm³/mol. The summed E-state index contributed by atoms with van der Waals surface area (Å²) >= 11 is 0. The minimum absolute atomic E-state index is 0.126. The van der Waals surface area contributed by atoms with Gasteiger partial charge in [0.25, 0.3) is 10.2 Å². The zero-order valence-electron chi connectivity index (χ0n) is 12.2. The van der Waals surface area contributed by atoms with Crippen LogP contribution in [0.1, 0.15) is 25.7 Å². The van der Waals surface area contributed by atoms with Crippen LogP contribution < -0.4 is 10.0 Å². The van der Waals surface area contributed by atoms with Crippen molar-refractivity contribution in [2.75, 3.05) is 20.1 Å². The van der Waals surface area contributed by atoms with E-state index in [2.05, 4.69) is 10.0 Å². The van der Waals surface area contributed by atoms with Crippen molar-refractivity contribution >= 4 is 16.1 Å². The maximum atomic E-state index is 12.9. The quantitative estimate of drug-likeness (QED) is 0.768. The summed E-state index contributed by atoms with van der Waals surface area (Å²) in [7, 11) is -2.26. The molecule has 0 aromatic carbocycles. The number of hydrogen-bond donors (Lipinski definition) is 2. The minimum atomic E-state index is -4.44. The summed E-state index contributed by atoms with van der Waals surface area (Å²) in [5, 5.41) is 2.11. The lowest BCUT2D eigenvalue weighted by molar-refractivity contribution is -0.167. The molecular weight excluding hydrogens is 323 g/mol. The van der Waals surface area contributed by atoms with Crippen LogP contribution in [-0.4, -0.2) is 51.0 Å². The fourth-order valence-electron chi connectivity index (χ4n) is 2.66. The normalized spacial score (nSPS) is 23.3. The molecule has 0 aromatic heterocycles. The van der Waals surface area contributed by atoms with E-state index in [-0.39, 0.29) is 25.9 Å². The molecule has 10 heteroatoms. The molecular formula is C12H20F3N3O3S. The average Bonchev–Trinajstić information content (AvgIpc) is 3.27. The van der Waals surface area contributed by atoms with E-state index >= 15 is 0 Å². The van der Waals surface area contributed by atoms with Gasteiger partial charge in [-0.05, 0) is 31.6 Å². The van der Waals surface area contributed by atoms with Crippen LogP contribution in [0.5, 0.6) is 0 Å². The molecule has 0 bridgehead atoms. The van der Waals surface area contributed by atoms with E-state index in [4.69, 9.17) is 0 Å².